The molecule has 0 amide bonds. The molecule has 5 heteroatoms. The number of carbonyl (C=O) groups is 2. The van der Waals surface area contributed by atoms with Crippen LogP contribution in [0.25, 0.3) is 0 Å². The van der Waals surface area contributed by atoms with Crippen LogP contribution in [-0.2, 0) is 14.3 Å². The van der Waals surface area contributed by atoms with Crippen molar-refractivity contribution >= 4 is 11.9 Å². The molecule has 2 rings (SSSR count). The van der Waals surface area contributed by atoms with E-state index in [9.17, 15) is 14.0 Å². The highest BCUT2D eigenvalue weighted by Gasteiger charge is 2.38. The summed E-state index contributed by atoms with van der Waals surface area (Å²) in [7, 11) is 0. The van der Waals surface area contributed by atoms with E-state index in [0.29, 0.717) is 19.4 Å². The summed E-state index contributed by atoms with van der Waals surface area (Å²) in [6.07, 6.45) is 11.1. The van der Waals surface area contributed by atoms with Gasteiger partial charge in [0.05, 0.1) is 18.4 Å². The topological polar surface area (TPSA) is 52.6 Å². The van der Waals surface area contributed by atoms with Crippen LogP contribution < -0.4 is 4.74 Å². The van der Waals surface area contributed by atoms with Gasteiger partial charge in [-0.2, -0.15) is 0 Å². The van der Waals surface area contributed by atoms with Gasteiger partial charge in [0, 0.05) is 6.07 Å². The van der Waals surface area contributed by atoms with Gasteiger partial charge in [0.2, 0.25) is 0 Å². The Bertz CT molecular complexity index is 616. The summed E-state index contributed by atoms with van der Waals surface area (Å²) in [4.78, 5) is 25.0. The van der Waals surface area contributed by atoms with Crippen molar-refractivity contribution in [1.29, 1.82) is 0 Å². The molecule has 0 spiro atoms. The lowest BCUT2D eigenvalue weighted by Crippen LogP contribution is -2.36. The van der Waals surface area contributed by atoms with Gasteiger partial charge in [-0.15, -0.1) is 0 Å². The maximum atomic E-state index is 13.3. The average molecular weight is 393 g/mol. The number of hydrogen-bond acceptors (Lipinski definition) is 4. The molecule has 0 N–H and O–H groups in total. The maximum Gasteiger partial charge on any atom is 0.315 e. The Morgan fingerprint density at radius 1 is 0.964 bits per heavy atom. The maximum absolute atomic E-state index is 13.3. The van der Waals surface area contributed by atoms with Gasteiger partial charge in [-0.1, -0.05) is 64.4 Å². The van der Waals surface area contributed by atoms with Gasteiger partial charge >= 0.3 is 11.9 Å². The molecule has 2 unspecified atom stereocenters. The smallest absolute Gasteiger partial charge is 0.315 e. The van der Waals surface area contributed by atoms with Gasteiger partial charge in [-0.25, -0.2) is 4.39 Å². The van der Waals surface area contributed by atoms with E-state index in [1.165, 1.54) is 56.4 Å². The number of unbranched alkanes of at least 4 members (excludes halogenated alkanes) is 6. The average Bonchev–Trinajstić information content (AvgIpc) is 2.70. The Balaban J connectivity index is 1.76. The van der Waals surface area contributed by atoms with Crippen molar-refractivity contribution in [2.75, 3.05) is 6.61 Å². The minimum atomic E-state index is -0.515. The molecule has 28 heavy (non-hydrogen) atoms. The van der Waals surface area contributed by atoms with E-state index in [1.807, 2.05) is 0 Å². The molecule has 0 aliphatic heterocycles. The van der Waals surface area contributed by atoms with Crippen LogP contribution in [0.5, 0.6) is 5.75 Å². The monoisotopic (exact) mass is 392 g/mol. The van der Waals surface area contributed by atoms with E-state index in [1.54, 1.807) is 0 Å². The molecule has 156 valence electrons. The quantitative estimate of drug-likeness (QED) is 0.270. The fraction of sp³-hybridized carbons (Fsp3) is 0.652. The SMILES string of the molecule is CCCCCCCCCOC(=O)C1CCCCC1C(=O)Oc1cccc(F)c1. The summed E-state index contributed by atoms with van der Waals surface area (Å²) in [5.41, 5.74) is 0. The highest BCUT2D eigenvalue weighted by molar-refractivity contribution is 5.83. The molecule has 1 aromatic rings. The Morgan fingerprint density at radius 3 is 2.29 bits per heavy atom. The molecule has 0 heterocycles. The summed E-state index contributed by atoms with van der Waals surface area (Å²) < 4.78 is 24.1. The van der Waals surface area contributed by atoms with Crippen molar-refractivity contribution in [3.8, 4) is 5.75 Å². The van der Waals surface area contributed by atoms with Crippen LogP contribution in [0.3, 0.4) is 0 Å². The van der Waals surface area contributed by atoms with Crippen LogP contribution in [0.4, 0.5) is 4.39 Å². The van der Waals surface area contributed by atoms with E-state index in [2.05, 4.69) is 6.92 Å². The lowest BCUT2D eigenvalue weighted by molar-refractivity contribution is -0.158. The second kappa shape index (κ2) is 12.5. The first-order chi connectivity index (χ1) is 13.6. The van der Waals surface area contributed by atoms with Crippen LogP contribution in [0, 0.1) is 17.7 Å². The Labute approximate surface area is 167 Å². The highest BCUT2D eigenvalue weighted by Crippen LogP contribution is 2.32. The standard InChI is InChI=1S/C23H33FO4/c1-2-3-4-5-6-7-10-16-27-22(25)20-14-8-9-15-21(20)23(26)28-19-13-11-12-18(24)17-19/h11-13,17,20-21H,2-10,14-16H2,1H3. The van der Waals surface area contributed by atoms with E-state index in [0.717, 1.165) is 25.7 Å². The van der Waals surface area contributed by atoms with Crippen molar-refractivity contribution in [3.63, 3.8) is 0 Å². The lowest BCUT2D eigenvalue weighted by Gasteiger charge is -2.28. The summed E-state index contributed by atoms with van der Waals surface area (Å²) >= 11 is 0. The number of esters is 2. The fourth-order valence-electron chi connectivity index (χ4n) is 3.76. The first kappa shape index (κ1) is 22.4. The van der Waals surface area contributed by atoms with Gasteiger partial charge in [-0.3, -0.25) is 9.59 Å². The zero-order valence-electron chi connectivity index (χ0n) is 17.0. The first-order valence-corrected chi connectivity index (χ1v) is 10.8. The molecular weight excluding hydrogens is 359 g/mol. The Kier molecular flexibility index (Phi) is 10.0. The molecule has 1 aromatic carbocycles. The number of ether oxygens (including phenoxy) is 2. The van der Waals surface area contributed by atoms with Crippen LogP contribution in [0.1, 0.15) is 77.6 Å². The van der Waals surface area contributed by atoms with E-state index < -0.39 is 23.6 Å². The molecule has 1 aliphatic rings. The van der Waals surface area contributed by atoms with E-state index in [-0.39, 0.29) is 11.7 Å². The van der Waals surface area contributed by atoms with E-state index in [4.69, 9.17) is 9.47 Å². The van der Waals surface area contributed by atoms with Crippen molar-refractivity contribution < 1.29 is 23.5 Å². The number of rotatable bonds is 11. The van der Waals surface area contributed by atoms with Crippen molar-refractivity contribution in [2.45, 2.75) is 77.6 Å². The zero-order valence-corrected chi connectivity index (χ0v) is 17.0. The molecular formula is C23H33FO4. The van der Waals surface area contributed by atoms with Crippen molar-refractivity contribution in [3.05, 3.63) is 30.1 Å². The molecule has 1 saturated carbocycles. The molecule has 2 atom stereocenters. The number of halogens is 1. The van der Waals surface area contributed by atoms with Crippen LogP contribution in [0.2, 0.25) is 0 Å². The second-order valence-corrected chi connectivity index (χ2v) is 7.66. The highest BCUT2D eigenvalue weighted by atomic mass is 19.1. The van der Waals surface area contributed by atoms with Gasteiger partial charge in [0.15, 0.2) is 0 Å². The third-order valence-corrected chi connectivity index (χ3v) is 5.38. The molecule has 0 saturated heterocycles. The molecule has 0 radical (unpaired) electrons. The van der Waals surface area contributed by atoms with E-state index >= 15 is 0 Å². The Hall–Kier alpha value is -1.91. The van der Waals surface area contributed by atoms with Gasteiger partial charge < -0.3 is 9.47 Å². The largest absolute Gasteiger partial charge is 0.465 e. The molecule has 0 aromatic heterocycles. The summed E-state index contributed by atoms with van der Waals surface area (Å²) in [6, 6.07) is 5.50. The summed E-state index contributed by atoms with van der Waals surface area (Å²) in [5.74, 6) is -2.03. The summed E-state index contributed by atoms with van der Waals surface area (Å²) in [5, 5.41) is 0. The molecule has 1 aliphatic carbocycles. The normalized spacial score (nSPS) is 19.2. The first-order valence-electron chi connectivity index (χ1n) is 10.8. The predicted molar refractivity (Wildman–Crippen MR) is 106 cm³/mol. The third-order valence-electron chi connectivity index (χ3n) is 5.38. The van der Waals surface area contributed by atoms with Gasteiger partial charge in [0.25, 0.3) is 0 Å². The van der Waals surface area contributed by atoms with Crippen LogP contribution >= 0.6 is 0 Å². The second-order valence-electron chi connectivity index (χ2n) is 7.66. The Morgan fingerprint density at radius 2 is 1.61 bits per heavy atom. The number of carbonyl (C=O) groups excluding carboxylic acids is 2. The predicted octanol–water partition coefficient (Wildman–Crippen LogP) is 5.83. The van der Waals surface area contributed by atoms with Crippen molar-refractivity contribution in [2.24, 2.45) is 11.8 Å². The zero-order chi connectivity index (χ0) is 20.2. The third kappa shape index (κ3) is 7.61. The molecule has 1 fully saturated rings. The minimum absolute atomic E-state index is 0.172. The number of benzene rings is 1. The lowest BCUT2D eigenvalue weighted by atomic mass is 9.79. The van der Waals surface area contributed by atoms with Crippen LogP contribution in [-0.4, -0.2) is 18.5 Å². The molecule has 4 nitrogen and oxygen atoms in total. The summed E-state index contributed by atoms with van der Waals surface area (Å²) in [6.45, 7) is 2.61. The number of hydrogen-bond donors (Lipinski definition) is 0. The van der Waals surface area contributed by atoms with Crippen LogP contribution in [0.15, 0.2) is 24.3 Å². The van der Waals surface area contributed by atoms with Gasteiger partial charge in [-0.05, 0) is 31.4 Å². The van der Waals surface area contributed by atoms with Gasteiger partial charge in [0.1, 0.15) is 11.6 Å². The van der Waals surface area contributed by atoms with Crippen molar-refractivity contribution in [1.82, 2.24) is 0 Å². The molecule has 0 bridgehead atoms. The minimum Gasteiger partial charge on any atom is -0.465 e. The fourth-order valence-corrected chi connectivity index (χ4v) is 3.76.